The number of carboxylic acid groups (broad SMARTS) is 1. The highest BCUT2D eigenvalue weighted by Crippen LogP contribution is 2.20. The predicted molar refractivity (Wildman–Crippen MR) is 66.1 cm³/mol. The molecule has 5 nitrogen and oxygen atoms in total. The molecule has 1 saturated heterocycles. The van der Waals surface area contributed by atoms with Crippen molar-refractivity contribution in [2.45, 2.75) is 44.4 Å². The summed E-state index contributed by atoms with van der Waals surface area (Å²) < 4.78 is 5.19. The maximum absolute atomic E-state index is 11.8. The lowest BCUT2D eigenvalue weighted by molar-refractivity contribution is -0.151. The number of hydrogen-bond acceptors (Lipinski definition) is 4. The normalized spacial score (nSPS) is 25.5. The third-order valence-corrected chi connectivity index (χ3v) is 3.53. The molecule has 1 rings (SSSR count). The monoisotopic (exact) mass is 261 g/mol. The van der Waals surface area contributed by atoms with Gasteiger partial charge < -0.3 is 15.2 Å². The fourth-order valence-electron chi connectivity index (χ4n) is 1.77. The zero-order chi connectivity index (χ0) is 12.8. The molecule has 1 heterocycles. The van der Waals surface area contributed by atoms with Crippen LogP contribution in [0.25, 0.3) is 0 Å². The Hall–Kier alpha value is -0.750. The molecule has 17 heavy (non-hydrogen) atoms. The third-order valence-electron chi connectivity index (χ3n) is 2.79. The minimum absolute atomic E-state index is 0.130. The van der Waals surface area contributed by atoms with Crippen LogP contribution < -0.4 is 5.32 Å². The first kappa shape index (κ1) is 14.3. The SMILES string of the molecule is CCC(CSC)NC(=O)[C@@H]1CC[C@H](C(=O)O)O1. The van der Waals surface area contributed by atoms with Crippen molar-refractivity contribution >= 4 is 23.6 Å². The summed E-state index contributed by atoms with van der Waals surface area (Å²) in [6.07, 6.45) is 2.31. The lowest BCUT2D eigenvalue weighted by atomic mass is 10.1. The van der Waals surface area contributed by atoms with Gasteiger partial charge in [0.15, 0.2) is 6.10 Å². The molecule has 1 aliphatic rings. The van der Waals surface area contributed by atoms with E-state index in [4.69, 9.17) is 9.84 Å². The molecule has 0 aromatic rings. The quantitative estimate of drug-likeness (QED) is 0.742. The number of carbonyl (C=O) groups is 2. The van der Waals surface area contributed by atoms with Crippen molar-refractivity contribution in [2.75, 3.05) is 12.0 Å². The molecule has 0 aromatic heterocycles. The largest absolute Gasteiger partial charge is 0.479 e. The lowest BCUT2D eigenvalue weighted by Crippen LogP contribution is -2.42. The highest BCUT2D eigenvalue weighted by molar-refractivity contribution is 7.98. The Kier molecular flexibility index (Phi) is 5.77. The Balaban J connectivity index is 2.41. The smallest absolute Gasteiger partial charge is 0.332 e. The first-order valence-electron chi connectivity index (χ1n) is 5.76. The molecule has 1 amide bonds. The third kappa shape index (κ3) is 4.20. The number of thioether (sulfide) groups is 1. The number of carboxylic acids is 1. The maximum Gasteiger partial charge on any atom is 0.332 e. The Morgan fingerprint density at radius 3 is 2.59 bits per heavy atom. The Morgan fingerprint density at radius 2 is 2.12 bits per heavy atom. The van der Waals surface area contributed by atoms with Crippen LogP contribution in [0.15, 0.2) is 0 Å². The molecule has 0 bridgehead atoms. The van der Waals surface area contributed by atoms with E-state index in [2.05, 4.69) is 5.32 Å². The van der Waals surface area contributed by atoms with Crippen LogP contribution in [0.5, 0.6) is 0 Å². The lowest BCUT2D eigenvalue weighted by Gasteiger charge is -2.18. The summed E-state index contributed by atoms with van der Waals surface area (Å²) >= 11 is 1.67. The van der Waals surface area contributed by atoms with E-state index in [0.29, 0.717) is 12.8 Å². The summed E-state index contributed by atoms with van der Waals surface area (Å²) in [5.74, 6) is -0.316. The Bertz CT molecular complexity index is 285. The van der Waals surface area contributed by atoms with Crippen LogP contribution in [0.3, 0.4) is 0 Å². The van der Waals surface area contributed by atoms with Crippen molar-refractivity contribution in [3.63, 3.8) is 0 Å². The number of nitrogens with one attached hydrogen (secondary N) is 1. The molecule has 6 heteroatoms. The summed E-state index contributed by atoms with van der Waals surface area (Å²) in [7, 11) is 0. The first-order chi connectivity index (χ1) is 8.08. The van der Waals surface area contributed by atoms with Crippen molar-refractivity contribution in [2.24, 2.45) is 0 Å². The average Bonchev–Trinajstić information content (AvgIpc) is 2.77. The predicted octanol–water partition coefficient (Wildman–Crippen LogP) is 0.876. The minimum Gasteiger partial charge on any atom is -0.479 e. The molecule has 1 aliphatic heterocycles. The van der Waals surface area contributed by atoms with Gasteiger partial charge in [0, 0.05) is 11.8 Å². The molecule has 0 saturated carbocycles. The van der Waals surface area contributed by atoms with Crippen LogP contribution in [0, 0.1) is 0 Å². The molecule has 0 spiro atoms. The van der Waals surface area contributed by atoms with Crippen LogP contribution >= 0.6 is 11.8 Å². The van der Waals surface area contributed by atoms with Gasteiger partial charge in [-0.05, 0) is 25.5 Å². The van der Waals surface area contributed by atoms with E-state index in [0.717, 1.165) is 12.2 Å². The van der Waals surface area contributed by atoms with Crippen molar-refractivity contribution in [1.82, 2.24) is 5.32 Å². The molecule has 98 valence electrons. The van der Waals surface area contributed by atoms with Crippen molar-refractivity contribution in [3.05, 3.63) is 0 Å². The fourth-order valence-corrected chi connectivity index (χ4v) is 2.49. The molecule has 3 atom stereocenters. The van der Waals surface area contributed by atoms with Gasteiger partial charge in [-0.3, -0.25) is 4.79 Å². The summed E-state index contributed by atoms with van der Waals surface area (Å²) in [5.41, 5.74) is 0. The van der Waals surface area contributed by atoms with Gasteiger partial charge in [0.25, 0.3) is 0 Å². The van der Waals surface area contributed by atoms with Crippen molar-refractivity contribution in [3.8, 4) is 0 Å². The van der Waals surface area contributed by atoms with Crippen LogP contribution in [-0.2, 0) is 14.3 Å². The topological polar surface area (TPSA) is 75.6 Å². The first-order valence-corrected chi connectivity index (χ1v) is 7.15. The van der Waals surface area contributed by atoms with Gasteiger partial charge in [-0.2, -0.15) is 11.8 Å². The van der Waals surface area contributed by atoms with Crippen LogP contribution in [0.4, 0.5) is 0 Å². The van der Waals surface area contributed by atoms with E-state index in [9.17, 15) is 9.59 Å². The Morgan fingerprint density at radius 1 is 1.47 bits per heavy atom. The van der Waals surface area contributed by atoms with E-state index in [1.807, 2.05) is 13.2 Å². The fraction of sp³-hybridized carbons (Fsp3) is 0.818. The average molecular weight is 261 g/mol. The van der Waals surface area contributed by atoms with Gasteiger partial charge in [-0.25, -0.2) is 4.79 Å². The molecular formula is C11H19NO4S. The number of hydrogen-bond donors (Lipinski definition) is 2. The second-order valence-electron chi connectivity index (χ2n) is 4.10. The van der Waals surface area contributed by atoms with Gasteiger partial charge in [0.2, 0.25) is 5.91 Å². The maximum atomic E-state index is 11.8. The molecule has 0 aliphatic carbocycles. The molecular weight excluding hydrogens is 242 g/mol. The van der Waals surface area contributed by atoms with Gasteiger partial charge in [0.1, 0.15) is 6.10 Å². The standard InChI is InChI=1S/C11H19NO4S/c1-3-7(6-17-2)12-10(13)8-4-5-9(16-8)11(14)15/h7-9H,3-6H2,1-2H3,(H,12,13)(H,14,15)/t7?,8-,9+/m0/s1. The summed E-state index contributed by atoms with van der Waals surface area (Å²) in [5, 5.41) is 11.7. The van der Waals surface area contributed by atoms with E-state index >= 15 is 0 Å². The van der Waals surface area contributed by atoms with E-state index in [1.165, 1.54) is 0 Å². The molecule has 2 N–H and O–H groups in total. The Labute approximate surface area is 105 Å². The number of rotatable bonds is 6. The molecule has 0 aromatic carbocycles. The second kappa shape index (κ2) is 6.86. The summed E-state index contributed by atoms with van der Waals surface area (Å²) in [6, 6.07) is 0.130. The number of aliphatic carboxylic acids is 1. The zero-order valence-corrected chi connectivity index (χ0v) is 11.0. The van der Waals surface area contributed by atoms with E-state index < -0.39 is 18.2 Å². The minimum atomic E-state index is -0.989. The molecule has 1 fully saturated rings. The number of carbonyl (C=O) groups excluding carboxylic acids is 1. The van der Waals surface area contributed by atoms with Gasteiger partial charge in [-0.15, -0.1) is 0 Å². The second-order valence-corrected chi connectivity index (χ2v) is 5.01. The highest BCUT2D eigenvalue weighted by Gasteiger charge is 2.35. The molecule has 1 unspecified atom stereocenters. The van der Waals surface area contributed by atoms with Gasteiger partial charge >= 0.3 is 5.97 Å². The van der Waals surface area contributed by atoms with Crippen molar-refractivity contribution < 1.29 is 19.4 Å². The van der Waals surface area contributed by atoms with Crippen LogP contribution in [0.1, 0.15) is 26.2 Å². The molecule has 0 radical (unpaired) electrons. The number of ether oxygens (including phenoxy) is 1. The van der Waals surface area contributed by atoms with Gasteiger partial charge in [-0.1, -0.05) is 6.92 Å². The van der Waals surface area contributed by atoms with Crippen LogP contribution in [0.2, 0.25) is 0 Å². The summed E-state index contributed by atoms with van der Waals surface area (Å²) in [4.78, 5) is 22.5. The zero-order valence-electron chi connectivity index (χ0n) is 10.1. The summed E-state index contributed by atoms with van der Waals surface area (Å²) in [6.45, 7) is 2.01. The van der Waals surface area contributed by atoms with Crippen molar-refractivity contribution in [1.29, 1.82) is 0 Å². The number of amides is 1. The van der Waals surface area contributed by atoms with E-state index in [1.54, 1.807) is 11.8 Å². The van der Waals surface area contributed by atoms with Crippen LogP contribution in [-0.4, -0.2) is 47.2 Å². The van der Waals surface area contributed by atoms with E-state index in [-0.39, 0.29) is 11.9 Å². The highest BCUT2D eigenvalue weighted by atomic mass is 32.2. The van der Waals surface area contributed by atoms with Gasteiger partial charge in [0.05, 0.1) is 0 Å².